The van der Waals surface area contributed by atoms with Gasteiger partial charge in [0.2, 0.25) is 23.6 Å². The number of aromatic nitrogens is 1. The molecule has 1 aliphatic rings. The van der Waals surface area contributed by atoms with E-state index in [4.69, 9.17) is 11.5 Å². The summed E-state index contributed by atoms with van der Waals surface area (Å²) in [4.78, 5) is 54.0. The molecule has 1 unspecified atom stereocenters. The molecular weight excluding hydrogens is 460 g/mol. The van der Waals surface area contributed by atoms with Crippen LogP contribution in [0.1, 0.15) is 52.0 Å². The highest BCUT2D eigenvalue weighted by Gasteiger charge is 2.61. The van der Waals surface area contributed by atoms with Gasteiger partial charge < -0.3 is 32.4 Å². The van der Waals surface area contributed by atoms with Crippen LogP contribution in [-0.2, 0) is 25.6 Å². The van der Waals surface area contributed by atoms with Crippen LogP contribution in [0.5, 0.6) is 0 Å². The number of carbonyl (C=O) groups excluding carboxylic acids is 4. The molecule has 0 aliphatic heterocycles. The van der Waals surface area contributed by atoms with E-state index >= 15 is 0 Å². The third-order valence-electron chi connectivity index (χ3n) is 6.76. The summed E-state index contributed by atoms with van der Waals surface area (Å²) in [6.07, 6.45) is 4.25. The van der Waals surface area contributed by atoms with Crippen LogP contribution in [-0.4, -0.2) is 52.8 Å². The van der Waals surface area contributed by atoms with E-state index in [1.54, 1.807) is 0 Å². The summed E-state index contributed by atoms with van der Waals surface area (Å²) < 4.78 is 0. The van der Waals surface area contributed by atoms with E-state index < -0.39 is 35.3 Å². The number of H-pyrrole nitrogens is 1. The van der Waals surface area contributed by atoms with Crippen molar-refractivity contribution in [2.75, 3.05) is 6.54 Å². The molecule has 1 fully saturated rings. The smallest absolute Gasteiger partial charge is 0.246 e. The summed E-state index contributed by atoms with van der Waals surface area (Å²) in [5.74, 6) is -1.84. The van der Waals surface area contributed by atoms with Crippen molar-refractivity contribution < 1.29 is 19.2 Å². The largest absolute Gasteiger partial charge is 0.368 e. The molecule has 1 saturated carbocycles. The molecule has 1 aliphatic carbocycles. The highest BCUT2D eigenvalue weighted by atomic mass is 16.2. The molecule has 1 heterocycles. The van der Waals surface area contributed by atoms with Crippen LogP contribution >= 0.6 is 0 Å². The Hall–Kier alpha value is -3.40. The lowest BCUT2D eigenvalue weighted by atomic mass is 10.0. The fourth-order valence-corrected chi connectivity index (χ4v) is 4.82. The fourth-order valence-electron chi connectivity index (χ4n) is 4.82. The van der Waals surface area contributed by atoms with Gasteiger partial charge in [0.25, 0.3) is 0 Å². The van der Waals surface area contributed by atoms with Gasteiger partial charge in [0.05, 0.1) is 0 Å². The van der Waals surface area contributed by atoms with Crippen LogP contribution in [0.25, 0.3) is 10.9 Å². The first-order chi connectivity index (χ1) is 17.1. The second-order valence-corrected chi connectivity index (χ2v) is 10.2. The number of rotatable bonds is 13. The Kier molecular flexibility index (Phi) is 8.73. The molecule has 1 aromatic carbocycles. The van der Waals surface area contributed by atoms with Crippen molar-refractivity contribution >= 4 is 34.5 Å². The minimum Gasteiger partial charge on any atom is -0.368 e. The molecule has 1 aromatic heterocycles. The molecule has 4 amide bonds. The zero-order valence-electron chi connectivity index (χ0n) is 21.2. The van der Waals surface area contributed by atoms with Crippen LogP contribution in [0, 0.1) is 11.8 Å². The Bertz CT molecular complexity index is 1110. The van der Waals surface area contributed by atoms with Crippen molar-refractivity contribution in [3.05, 3.63) is 36.0 Å². The molecule has 10 nitrogen and oxygen atoms in total. The van der Waals surface area contributed by atoms with Crippen molar-refractivity contribution in [1.29, 1.82) is 0 Å². The number of fused-ring (bicyclic) bond motifs is 1. The minimum atomic E-state index is -1.17. The van der Waals surface area contributed by atoms with Crippen LogP contribution in [0.3, 0.4) is 0 Å². The van der Waals surface area contributed by atoms with Gasteiger partial charge in [0.1, 0.15) is 17.6 Å². The van der Waals surface area contributed by atoms with Gasteiger partial charge in [0, 0.05) is 30.4 Å². The van der Waals surface area contributed by atoms with Crippen molar-refractivity contribution in [3.8, 4) is 0 Å². The molecular formula is C26H38N6O4. The number of para-hydroxylation sites is 1. The maximum absolute atomic E-state index is 13.5. The summed E-state index contributed by atoms with van der Waals surface area (Å²) in [6, 6.07) is 5.98. The van der Waals surface area contributed by atoms with Gasteiger partial charge in [-0.1, -0.05) is 32.0 Å². The molecule has 3 rings (SSSR count). The molecule has 0 radical (unpaired) electrons. The quantitative estimate of drug-likeness (QED) is 0.240. The van der Waals surface area contributed by atoms with Gasteiger partial charge >= 0.3 is 0 Å². The van der Waals surface area contributed by atoms with E-state index in [9.17, 15) is 19.2 Å². The fraction of sp³-hybridized carbons (Fsp3) is 0.538. The Labute approximate surface area is 211 Å². The van der Waals surface area contributed by atoms with E-state index in [1.807, 2.05) is 44.3 Å². The Morgan fingerprint density at radius 2 is 1.86 bits per heavy atom. The van der Waals surface area contributed by atoms with Crippen molar-refractivity contribution in [3.63, 3.8) is 0 Å². The highest BCUT2D eigenvalue weighted by Crippen LogP contribution is 2.47. The van der Waals surface area contributed by atoms with E-state index in [-0.39, 0.29) is 24.2 Å². The summed E-state index contributed by atoms with van der Waals surface area (Å²) >= 11 is 0. The first kappa shape index (κ1) is 27.2. The Morgan fingerprint density at radius 3 is 2.50 bits per heavy atom. The number of hydrogen-bond donors (Lipinski definition) is 6. The topological polar surface area (TPSA) is 172 Å². The predicted octanol–water partition coefficient (Wildman–Crippen LogP) is 0.845. The molecule has 0 saturated heterocycles. The summed E-state index contributed by atoms with van der Waals surface area (Å²) in [5, 5.41) is 9.36. The second kappa shape index (κ2) is 11.6. The molecule has 2 aromatic rings. The maximum atomic E-state index is 13.5. The zero-order chi connectivity index (χ0) is 26.5. The standard InChI is InChI=1S/C26H38N6O4/c1-15(2)11-21(23(28)34)31-25(36)26(13-18(26)7-6-10-27)32-24(35)22(30-16(3)33)12-17-14-29-20-9-5-4-8-19(17)20/h4-5,8-9,14-15,18,21-22,29H,6-7,10-13,27H2,1-3H3,(H2,28,34)(H,30,33)(H,31,36)(H,32,35)/t18-,21+,22-,26?/m1/s1. The molecule has 0 spiro atoms. The Morgan fingerprint density at radius 1 is 1.14 bits per heavy atom. The average Bonchev–Trinajstić information content (AvgIpc) is 3.36. The normalized spacial score (nSPS) is 20.5. The molecule has 10 heteroatoms. The lowest BCUT2D eigenvalue weighted by Crippen LogP contribution is -2.59. The van der Waals surface area contributed by atoms with Crippen LogP contribution in [0.2, 0.25) is 0 Å². The number of aromatic amines is 1. The van der Waals surface area contributed by atoms with Crippen LogP contribution in [0.4, 0.5) is 0 Å². The number of benzene rings is 1. The minimum absolute atomic E-state index is 0.122. The zero-order valence-corrected chi connectivity index (χ0v) is 21.2. The van der Waals surface area contributed by atoms with E-state index in [2.05, 4.69) is 20.9 Å². The number of hydrogen-bond acceptors (Lipinski definition) is 5. The maximum Gasteiger partial charge on any atom is 0.246 e. The summed E-state index contributed by atoms with van der Waals surface area (Å²) in [5.41, 5.74) is 11.8. The van der Waals surface area contributed by atoms with Gasteiger partial charge in [-0.15, -0.1) is 0 Å². The van der Waals surface area contributed by atoms with Crippen molar-refractivity contribution in [2.45, 2.75) is 70.5 Å². The van der Waals surface area contributed by atoms with Gasteiger partial charge in [-0.25, -0.2) is 0 Å². The third kappa shape index (κ3) is 6.42. The molecule has 36 heavy (non-hydrogen) atoms. The van der Waals surface area contributed by atoms with Crippen LogP contribution in [0.15, 0.2) is 30.5 Å². The molecule has 4 atom stereocenters. The highest BCUT2D eigenvalue weighted by molar-refractivity contribution is 5.99. The first-order valence-electron chi connectivity index (χ1n) is 12.5. The lowest BCUT2D eigenvalue weighted by Gasteiger charge is -2.26. The number of nitrogens with two attached hydrogens (primary N) is 2. The monoisotopic (exact) mass is 498 g/mol. The number of amides is 4. The van der Waals surface area contributed by atoms with Gasteiger partial charge in [0.15, 0.2) is 0 Å². The van der Waals surface area contributed by atoms with E-state index in [0.29, 0.717) is 32.2 Å². The van der Waals surface area contributed by atoms with Gasteiger partial charge in [-0.05, 0) is 55.7 Å². The summed E-state index contributed by atoms with van der Waals surface area (Å²) in [7, 11) is 0. The van der Waals surface area contributed by atoms with Gasteiger partial charge in [-0.2, -0.15) is 0 Å². The number of carbonyl (C=O) groups is 4. The second-order valence-electron chi connectivity index (χ2n) is 10.2. The average molecular weight is 499 g/mol. The Balaban J connectivity index is 1.81. The molecule has 0 bridgehead atoms. The molecule has 196 valence electrons. The molecule has 8 N–H and O–H groups in total. The number of primary amides is 1. The van der Waals surface area contributed by atoms with Crippen molar-refractivity contribution in [1.82, 2.24) is 20.9 Å². The SMILES string of the molecule is CC(=O)N[C@H](Cc1c[nH]c2ccccc12)C(=O)NC1(C(=O)N[C@@H](CC(C)C)C(N)=O)C[C@H]1CCCN. The van der Waals surface area contributed by atoms with Gasteiger partial charge in [-0.3, -0.25) is 19.2 Å². The first-order valence-corrected chi connectivity index (χ1v) is 12.5. The predicted molar refractivity (Wildman–Crippen MR) is 137 cm³/mol. The summed E-state index contributed by atoms with van der Waals surface area (Å²) in [6.45, 7) is 5.68. The van der Waals surface area contributed by atoms with E-state index in [1.165, 1.54) is 6.92 Å². The lowest BCUT2D eigenvalue weighted by molar-refractivity contribution is -0.134. The van der Waals surface area contributed by atoms with E-state index in [0.717, 1.165) is 16.5 Å². The van der Waals surface area contributed by atoms with Crippen LogP contribution < -0.4 is 27.4 Å². The van der Waals surface area contributed by atoms with Crippen molar-refractivity contribution in [2.24, 2.45) is 23.3 Å². The third-order valence-corrected chi connectivity index (χ3v) is 6.76. The number of nitrogens with one attached hydrogen (secondary N) is 4.